The molecule has 1 rings (SSSR count). The normalized spacial score (nSPS) is 11.2. The maximum Gasteiger partial charge on any atom is 0.224 e. The molecule has 0 radical (unpaired) electrons. The molecule has 1 aromatic carbocycles. The Labute approximate surface area is 96.5 Å². The van der Waals surface area contributed by atoms with Crippen molar-refractivity contribution in [3.63, 3.8) is 0 Å². The number of hydrogen-bond donors (Lipinski definition) is 2. The molecule has 1 aromatic rings. The Balaban J connectivity index is 2.50. The monoisotopic (exact) mass is 221 g/mol. The zero-order valence-corrected chi connectivity index (χ0v) is 10.1. The van der Waals surface area contributed by atoms with Gasteiger partial charge in [0.1, 0.15) is 5.75 Å². The maximum absolute atomic E-state index is 11.6. The second-order valence-electron chi connectivity index (χ2n) is 5.14. The lowest BCUT2D eigenvalue weighted by molar-refractivity contribution is -0.120. The van der Waals surface area contributed by atoms with E-state index < -0.39 is 0 Å². The average Bonchev–Trinajstić information content (AvgIpc) is 2.18. The summed E-state index contributed by atoms with van der Waals surface area (Å²) in [6.07, 6.45) is 0.225. The van der Waals surface area contributed by atoms with Gasteiger partial charge in [0.05, 0.1) is 6.42 Å². The van der Waals surface area contributed by atoms with Crippen LogP contribution in [-0.2, 0) is 11.2 Å². The number of phenolic OH excluding ortho intramolecular Hbond substituents is 1. The third-order valence-corrected chi connectivity index (χ3v) is 2.16. The Morgan fingerprint density at radius 3 is 2.50 bits per heavy atom. The molecule has 88 valence electrons. The molecule has 2 N–H and O–H groups in total. The van der Waals surface area contributed by atoms with Crippen LogP contribution >= 0.6 is 0 Å². The summed E-state index contributed by atoms with van der Waals surface area (Å²) in [7, 11) is 0. The zero-order valence-electron chi connectivity index (χ0n) is 10.1. The summed E-state index contributed by atoms with van der Waals surface area (Å²) in [6.45, 7) is 6.83. The van der Waals surface area contributed by atoms with E-state index in [-0.39, 0.29) is 23.5 Å². The van der Waals surface area contributed by atoms with Crippen LogP contribution in [0, 0.1) is 5.41 Å². The minimum atomic E-state index is -0.0589. The highest BCUT2D eigenvalue weighted by Crippen LogP contribution is 2.16. The molecule has 16 heavy (non-hydrogen) atoms. The third-order valence-electron chi connectivity index (χ3n) is 2.16. The summed E-state index contributed by atoms with van der Waals surface area (Å²) >= 11 is 0. The molecule has 0 unspecified atom stereocenters. The van der Waals surface area contributed by atoms with E-state index in [4.69, 9.17) is 0 Å². The SMILES string of the molecule is CC(C)(C)CNC(=O)Cc1ccccc1O. The summed E-state index contributed by atoms with van der Waals surface area (Å²) in [5.41, 5.74) is 0.739. The van der Waals surface area contributed by atoms with Crippen molar-refractivity contribution in [3.8, 4) is 5.75 Å². The highest BCUT2D eigenvalue weighted by molar-refractivity contribution is 5.79. The first-order chi connectivity index (χ1) is 7.38. The van der Waals surface area contributed by atoms with Gasteiger partial charge in [-0.05, 0) is 11.5 Å². The van der Waals surface area contributed by atoms with Crippen molar-refractivity contribution in [1.82, 2.24) is 5.32 Å². The number of benzene rings is 1. The van der Waals surface area contributed by atoms with E-state index in [0.29, 0.717) is 12.1 Å². The maximum atomic E-state index is 11.6. The smallest absolute Gasteiger partial charge is 0.224 e. The van der Waals surface area contributed by atoms with E-state index in [9.17, 15) is 9.90 Å². The van der Waals surface area contributed by atoms with Crippen molar-refractivity contribution in [2.75, 3.05) is 6.54 Å². The number of phenols is 1. The molecule has 0 aromatic heterocycles. The van der Waals surface area contributed by atoms with Crippen LogP contribution in [0.3, 0.4) is 0 Å². The minimum Gasteiger partial charge on any atom is -0.508 e. The molecular weight excluding hydrogens is 202 g/mol. The van der Waals surface area contributed by atoms with Crippen molar-refractivity contribution in [1.29, 1.82) is 0 Å². The number of amides is 1. The van der Waals surface area contributed by atoms with Crippen molar-refractivity contribution in [2.45, 2.75) is 27.2 Å². The molecule has 0 fully saturated rings. The van der Waals surface area contributed by atoms with Crippen LogP contribution in [-0.4, -0.2) is 17.6 Å². The first kappa shape index (κ1) is 12.6. The summed E-state index contributed by atoms with van der Waals surface area (Å²) in [5, 5.41) is 12.4. The van der Waals surface area contributed by atoms with E-state index in [1.807, 2.05) is 6.07 Å². The van der Waals surface area contributed by atoms with Gasteiger partial charge in [-0.1, -0.05) is 39.0 Å². The van der Waals surface area contributed by atoms with Gasteiger partial charge in [0.2, 0.25) is 5.91 Å². The molecule has 0 aliphatic heterocycles. The molecule has 3 heteroatoms. The lowest BCUT2D eigenvalue weighted by atomic mass is 9.97. The molecule has 3 nitrogen and oxygen atoms in total. The average molecular weight is 221 g/mol. The van der Waals surface area contributed by atoms with E-state index in [0.717, 1.165) is 0 Å². The van der Waals surface area contributed by atoms with Crippen LogP contribution in [0.25, 0.3) is 0 Å². The highest BCUT2D eigenvalue weighted by Gasteiger charge is 2.12. The van der Waals surface area contributed by atoms with Crippen LogP contribution in [0.1, 0.15) is 26.3 Å². The quantitative estimate of drug-likeness (QED) is 0.821. The summed E-state index contributed by atoms with van der Waals surface area (Å²) in [6, 6.07) is 6.90. The standard InChI is InChI=1S/C13H19NO2/c1-13(2,3)9-14-12(16)8-10-6-4-5-7-11(10)15/h4-7,15H,8-9H2,1-3H3,(H,14,16). The Bertz CT molecular complexity index is 366. The van der Waals surface area contributed by atoms with Gasteiger partial charge in [0, 0.05) is 12.1 Å². The van der Waals surface area contributed by atoms with Gasteiger partial charge in [-0.3, -0.25) is 4.79 Å². The molecule has 0 aliphatic rings. The predicted molar refractivity (Wildman–Crippen MR) is 64.3 cm³/mol. The second-order valence-corrected chi connectivity index (χ2v) is 5.14. The third kappa shape index (κ3) is 4.34. The van der Waals surface area contributed by atoms with E-state index in [1.54, 1.807) is 18.2 Å². The van der Waals surface area contributed by atoms with Gasteiger partial charge in [0.15, 0.2) is 0 Å². The molecule has 0 heterocycles. The Morgan fingerprint density at radius 1 is 1.31 bits per heavy atom. The summed E-state index contributed by atoms with van der Waals surface area (Å²) in [5.74, 6) is 0.116. The second kappa shape index (κ2) is 5.01. The van der Waals surface area contributed by atoms with Crippen LogP contribution in [0.15, 0.2) is 24.3 Å². The van der Waals surface area contributed by atoms with Crippen molar-refractivity contribution in [2.24, 2.45) is 5.41 Å². The fourth-order valence-electron chi connectivity index (χ4n) is 1.26. The lowest BCUT2D eigenvalue weighted by Gasteiger charge is -2.18. The predicted octanol–water partition coefficient (Wildman–Crippen LogP) is 2.10. The van der Waals surface area contributed by atoms with E-state index in [1.165, 1.54) is 0 Å². The fraction of sp³-hybridized carbons (Fsp3) is 0.462. The minimum absolute atomic E-state index is 0.0589. The van der Waals surface area contributed by atoms with Gasteiger partial charge in [-0.25, -0.2) is 0 Å². The first-order valence-corrected chi connectivity index (χ1v) is 5.42. The van der Waals surface area contributed by atoms with Gasteiger partial charge >= 0.3 is 0 Å². The summed E-state index contributed by atoms with van der Waals surface area (Å²) in [4.78, 5) is 11.6. The van der Waals surface area contributed by atoms with Crippen LogP contribution < -0.4 is 5.32 Å². The van der Waals surface area contributed by atoms with Crippen molar-refractivity contribution < 1.29 is 9.90 Å². The molecule has 0 spiro atoms. The molecule has 0 atom stereocenters. The molecule has 0 aliphatic carbocycles. The Kier molecular flexibility index (Phi) is 3.93. The van der Waals surface area contributed by atoms with Crippen LogP contribution in [0.4, 0.5) is 0 Å². The van der Waals surface area contributed by atoms with E-state index >= 15 is 0 Å². The topological polar surface area (TPSA) is 49.3 Å². The number of rotatable bonds is 3. The van der Waals surface area contributed by atoms with Gasteiger partial charge in [-0.2, -0.15) is 0 Å². The van der Waals surface area contributed by atoms with E-state index in [2.05, 4.69) is 26.1 Å². The number of para-hydroxylation sites is 1. The molecule has 0 bridgehead atoms. The van der Waals surface area contributed by atoms with Gasteiger partial charge < -0.3 is 10.4 Å². The summed E-state index contributed by atoms with van der Waals surface area (Å²) < 4.78 is 0. The molecule has 0 saturated heterocycles. The number of nitrogens with one attached hydrogen (secondary N) is 1. The van der Waals surface area contributed by atoms with Gasteiger partial charge in [0.25, 0.3) is 0 Å². The van der Waals surface area contributed by atoms with Crippen LogP contribution in [0.2, 0.25) is 0 Å². The van der Waals surface area contributed by atoms with Crippen LogP contribution in [0.5, 0.6) is 5.75 Å². The van der Waals surface area contributed by atoms with Gasteiger partial charge in [-0.15, -0.1) is 0 Å². The highest BCUT2D eigenvalue weighted by atomic mass is 16.3. The Morgan fingerprint density at radius 2 is 1.94 bits per heavy atom. The number of hydrogen-bond acceptors (Lipinski definition) is 2. The molecular formula is C13H19NO2. The Hall–Kier alpha value is -1.51. The number of aromatic hydroxyl groups is 1. The number of carbonyl (C=O) groups is 1. The number of carbonyl (C=O) groups excluding carboxylic acids is 1. The van der Waals surface area contributed by atoms with Crippen molar-refractivity contribution in [3.05, 3.63) is 29.8 Å². The first-order valence-electron chi connectivity index (χ1n) is 5.42. The molecule has 1 amide bonds. The van der Waals surface area contributed by atoms with Crippen molar-refractivity contribution >= 4 is 5.91 Å². The fourth-order valence-corrected chi connectivity index (χ4v) is 1.26. The molecule has 0 saturated carbocycles. The zero-order chi connectivity index (χ0) is 12.2. The lowest BCUT2D eigenvalue weighted by Crippen LogP contribution is -2.33. The largest absolute Gasteiger partial charge is 0.508 e.